The minimum Gasteiger partial charge on any atom is -0.345 e. The van der Waals surface area contributed by atoms with Crippen LogP contribution in [0.15, 0.2) is 18.2 Å². The second-order valence-corrected chi connectivity index (χ2v) is 8.31. The van der Waals surface area contributed by atoms with E-state index in [0.29, 0.717) is 6.04 Å². The largest absolute Gasteiger partial charge is 0.345 e. The zero-order valence-corrected chi connectivity index (χ0v) is 15.8. The molecule has 1 aromatic carbocycles. The van der Waals surface area contributed by atoms with Crippen molar-refractivity contribution in [3.05, 3.63) is 23.2 Å². The van der Waals surface area contributed by atoms with Crippen molar-refractivity contribution in [3.8, 4) is 0 Å². The smallest absolute Gasteiger partial charge is 0.317 e. The van der Waals surface area contributed by atoms with E-state index in [1.54, 1.807) is 11.3 Å². The zero-order valence-electron chi connectivity index (χ0n) is 14.2. The van der Waals surface area contributed by atoms with Crippen LogP contribution in [0, 0.1) is 0 Å². The number of rotatable bonds is 2. The van der Waals surface area contributed by atoms with Crippen LogP contribution in [0.25, 0.3) is 10.2 Å². The van der Waals surface area contributed by atoms with Gasteiger partial charge in [0.05, 0.1) is 10.2 Å². The molecule has 1 aliphatic carbocycles. The van der Waals surface area contributed by atoms with Gasteiger partial charge in [0, 0.05) is 37.2 Å². The van der Waals surface area contributed by atoms with Gasteiger partial charge in [-0.25, -0.2) is 9.78 Å². The Balaban J connectivity index is 1.34. The van der Waals surface area contributed by atoms with Crippen LogP contribution in [0.1, 0.15) is 32.1 Å². The molecule has 4 rings (SSSR count). The first-order chi connectivity index (χ1) is 12.2. The first-order valence-electron chi connectivity index (χ1n) is 9.05. The molecule has 5 nitrogen and oxygen atoms in total. The molecule has 0 unspecified atom stereocenters. The van der Waals surface area contributed by atoms with E-state index in [4.69, 9.17) is 16.6 Å². The highest BCUT2D eigenvalue weighted by Crippen LogP contribution is 2.31. The number of halogens is 1. The van der Waals surface area contributed by atoms with Crippen molar-refractivity contribution in [1.29, 1.82) is 0 Å². The molecular weight excluding hydrogens is 356 g/mol. The van der Waals surface area contributed by atoms with Crippen molar-refractivity contribution in [2.75, 3.05) is 31.1 Å². The maximum atomic E-state index is 12.5. The molecular formula is C18H23ClN4OS. The van der Waals surface area contributed by atoms with Gasteiger partial charge in [0.1, 0.15) is 0 Å². The van der Waals surface area contributed by atoms with Crippen LogP contribution in [-0.4, -0.2) is 48.1 Å². The van der Waals surface area contributed by atoms with E-state index < -0.39 is 0 Å². The molecule has 1 saturated heterocycles. The van der Waals surface area contributed by atoms with Crippen LogP contribution >= 0.6 is 22.9 Å². The van der Waals surface area contributed by atoms with Gasteiger partial charge in [0.15, 0.2) is 5.13 Å². The van der Waals surface area contributed by atoms with Crippen molar-refractivity contribution < 1.29 is 4.79 Å². The zero-order chi connectivity index (χ0) is 17.2. The normalized spacial score (nSPS) is 19.4. The summed E-state index contributed by atoms with van der Waals surface area (Å²) in [5.41, 5.74) is 0.988. The fourth-order valence-electron chi connectivity index (χ4n) is 3.64. The predicted molar refractivity (Wildman–Crippen MR) is 104 cm³/mol. The lowest BCUT2D eigenvalue weighted by atomic mass is 9.96. The molecule has 2 aliphatic rings. The quantitative estimate of drug-likeness (QED) is 0.855. The summed E-state index contributed by atoms with van der Waals surface area (Å²) in [4.78, 5) is 21.4. The van der Waals surface area contributed by atoms with Crippen molar-refractivity contribution >= 4 is 44.3 Å². The lowest BCUT2D eigenvalue weighted by Gasteiger charge is -2.35. The molecule has 1 aromatic heterocycles. The van der Waals surface area contributed by atoms with Gasteiger partial charge >= 0.3 is 6.03 Å². The first kappa shape index (κ1) is 16.9. The van der Waals surface area contributed by atoms with E-state index in [-0.39, 0.29) is 6.03 Å². The van der Waals surface area contributed by atoms with Crippen molar-refractivity contribution in [3.63, 3.8) is 0 Å². The van der Waals surface area contributed by atoms with Crippen LogP contribution in [-0.2, 0) is 0 Å². The summed E-state index contributed by atoms with van der Waals surface area (Å²) in [6.07, 6.45) is 6.03. The first-order valence-corrected chi connectivity index (χ1v) is 10.2. The monoisotopic (exact) mass is 378 g/mol. The van der Waals surface area contributed by atoms with Gasteiger partial charge in [-0.1, -0.05) is 42.2 Å². The number of hydrogen-bond acceptors (Lipinski definition) is 4. The summed E-state index contributed by atoms with van der Waals surface area (Å²) in [6.45, 7) is 3.14. The fourth-order valence-corrected chi connectivity index (χ4v) is 4.93. The molecule has 0 bridgehead atoms. The highest BCUT2D eigenvalue weighted by atomic mass is 35.5. The topological polar surface area (TPSA) is 48.5 Å². The van der Waals surface area contributed by atoms with Crippen LogP contribution < -0.4 is 10.2 Å². The van der Waals surface area contributed by atoms with E-state index in [1.165, 1.54) is 19.3 Å². The molecule has 2 amide bonds. The number of hydrogen-bond donors (Lipinski definition) is 1. The fraction of sp³-hybridized carbons (Fsp3) is 0.556. The van der Waals surface area contributed by atoms with E-state index in [2.05, 4.69) is 10.2 Å². The SMILES string of the molecule is O=C(NC1CCCCC1)N1CCN(c2nc3ccc(Cl)cc3s2)CC1. The number of fused-ring (bicyclic) bond motifs is 1. The summed E-state index contributed by atoms with van der Waals surface area (Å²) in [5.74, 6) is 0. The lowest BCUT2D eigenvalue weighted by Crippen LogP contribution is -2.53. The number of aromatic nitrogens is 1. The van der Waals surface area contributed by atoms with Crippen LogP contribution in [0.3, 0.4) is 0 Å². The number of nitrogens with one attached hydrogen (secondary N) is 1. The van der Waals surface area contributed by atoms with Gasteiger partial charge in [-0.05, 0) is 31.0 Å². The third-order valence-corrected chi connectivity index (χ3v) is 6.42. The summed E-state index contributed by atoms with van der Waals surface area (Å²) in [7, 11) is 0. The molecule has 2 fully saturated rings. The number of carbonyl (C=O) groups is 1. The average Bonchev–Trinajstić information content (AvgIpc) is 3.06. The highest BCUT2D eigenvalue weighted by Gasteiger charge is 2.25. The Labute approximate surface area is 157 Å². The van der Waals surface area contributed by atoms with Gasteiger partial charge in [0.25, 0.3) is 0 Å². The Kier molecular flexibility index (Phi) is 4.99. The van der Waals surface area contributed by atoms with Gasteiger partial charge in [-0.15, -0.1) is 0 Å². The number of benzene rings is 1. The maximum absolute atomic E-state index is 12.5. The van der Waals surface area contributed by atoms with Crippen LogP contribution in [0.5, 0.6) is 0 Å². The third kappa shape index (κ3) is 3.85. The van der Waals surface area contributed by atoms with E-state index in [1.807, 2.05) is 23.1 Å². The van der Waals surface area contributed by atoms with Crippen LogP contribution in [0.2, 0.25) is 5.02 Å². The van der Waals surface area contributed by atoms with Gasteiger partial charge in [-0.3, -0.25) is 0 Å². The van der Waals surface area contributed by atoms with Gasteiger partial charge in [0.2, 0.25) is 0 Å². The molecule has 1 N–H and O–H groups in total. The Bertz CT molecular complexity index is 751. The van der Waals surface area contributed by atoms with E-state index in [0.717, 1.165) is 59.4 Å². The average molecular weight is 379 g/mol. The molecule has 2 heterocycles. The summed E-state index contributed by atoms with van der Waals surface area (Å²) in [6, 6.07) is 6.27. The number of nitrogens with zero attached hydrogens (tertiary/aromatic N) is 3. The third-order valence-electron chi connectivity index (χ3n) is 5.11. The minimum atomic E-state index is 0.0997. The molecule has 7 heteroatoms. The highest BCUT2D eigenvalue weighted by molar-refractivity contribution is 7.22. The Hall–Kier alpha value is -1.53. The number of piperazine rings is 1. The predicted octanol–water partition coefficient (Wildman–Crippen LogP) is 4.11. The van der Waals surface area contributed by atoms with Gasteiger partial charge < -0.3 is 15.1 Å². The van der Waals surface area contributed by atoms with Crippen molar-refractivity contribution in [2.45, 2.75) is 38.1 Å². The molecule has 0 radical (unpaired) electrons. The number of amides is 2. The molecule has 134 valence electrons. The van der Waals surface area contributed by atoms with Crippen molar-refractivity contribution in [2.24, 2.45) is 0 Å². The Morgan fingerprint density at radius 3 is 2.68 bits per heavy atom. The van der Waals surface area contributed by atoms with Gasteiger partial charge in [-0.2, -0.15) is 0 Å². The molecule has 0 spiro atoms. The minimum absolute atomic E-state index is 0.0997. The standard InChI is InChI=1S/C18H23ClN4OS/c19-13-6-7-15-16(12-13)25-18(21-15)23-10-8-22(9-11-23)17(24)20-14-4-2-1-3-5-14/h6-7,12,14H,1-5,8-11H2,(H,20,24). The summed E-state index contributed by atoms with van der Waals surface area (Å²) < 4.78 is 1.11. The molecule has 0 atom stereocenters. The summed E-state index contributed by atoms with van der Waals surface area (Å²) >= 11 is 7.73. The number of thiazole rings is 1. The number of anilines is 1. The van der Waals surface area contributed by atoms with E-state index >= 15 is 0 Å². The van der Waals surface area contributed by atoms with E-state index in [9.17, 15) is 4.79 Å². The molecule has 25 heavy (non-hydrogen) atoms. The Morgan fingerprint density at radius 2 is 1.92 bits per heavy atom. The second-order valence-electron chi connectivity index (χ2n) is 6.87. The molecule has 1 aliphatic heterocycles. The number of carbonyl (C=O) groups excluding carboxylic acids is 1. The maximum Gasteiger partial charge on any atom is 0.317 e. The van der Waals surface area contributed by atoms with Crippen molar-refractivity contribution in [1.82, 2.24) is 15.2 Å². The lowest BCUT2D eigenvalue weighted by molar-refractivity contribution is 0.186. The van der Waals surface area contributed by atoms with Crippen LogP contribution in [0.4, 0.5) is 9.93 Å². The number of urea groups is 1. The second kappa shape index (κ2) is 7.38. The molecule has 2 aromatic rings. The summed E-state index contributed by atoms with van der Waals surface area (Å²) in [5, 5.41) is 4.97. The Morgan fingerprint density at radius 1 is 1.16 bits per heavy atom. The molecule has 1 saturated carbocycles.